The first-order valence-electron chi connectivity index (χ1n) is 6.67. The van der Waals surface area contributed by atoms with Gasteiger partial charge < -0.3 is 5.11 Å². The molecule has 2 aromatic rings. The maximum atomic E-state index is 11.5. The van der Waals surface area contributed by atoms with E-state index < -0.39 is 11.2 Å². The van der Waals surface area contributed by atoms with Crippen molar-refractivity contribution < 1.29 is 9.90 Å². The highest BCUT2D eigenvalue weighted by atomic mass is 35.5. The first kappa shape index (κ1) is 15.9. The van der Waals surface area contributed by atoms with Gasteiger partial charge in [-0.15, -0.1) is 11.8 Å². The molecule has 1 N–H and O–H groups in total. The predicted octanol–water partition coefficient (Wildman–Crippen LogP) is 4.74. The van der Waals surface area contributed by atoms with Crippen molar-refractivity contribution in [1.82, 2.24) is 0 Å². The van der Waals surface area contributed by atoms with Crippen LogP contribution in [0.1, 0.15) is 16.7 Å². The molecule has 1 atom stereocenters. The molecule has 0 radical (unpaired) electrons. The van der Waals surface area contributed by atoms with Crippen molar-refractivity contribution in [3.63, 3.8) is 0 Å². The first-order chi connectivity index (χ1) is 9.95. The van der Waals surface area contributed by atoms with Crippen molar-refractivity contribution in [1.29, 1.82) is 0 Å². The zero-order chi connectivity index (χ0) is 15.4. The summed E-state index contributed by atoms with van der Waals surface area (Å²) in [6.45, 7) is 3.99. The van der Waals surface area contributed by atoms with Gasteiger partial charge in [-0.2, -0.15) is 0 Å². The van der Waals surface area contributed by atoms with Gasteiger partial charge >= 0.3 is 5.97 Å². The number of halogens is 1. The number of rotatable bonds is 5. The molecule has 0 aliphatic carbocycles. The highest BCUT2D eigenvalue weighted by Gasteiger charge is 2.20. The lowest BCUT2D eigenvalue weighted by molar-refractivity contribution is -0.136. The molecule has 4 heteroatoms. The monoisotopic (exact) mass is 320 g/mol. The summed E-state index contributed by atoms with van der Waals surface area (Å²) in [6.07, 6.45) is 0.459. The van der Waals surface area contributed by atoms with E-state index >= 15 is 0 Å². The number of hydrogen-bond donors (Lipinski definition) is 1. The molecule has 2 aromatic carbocycles. The van der Waals surface area contributed by atoms with E-state index in [4.69, 9.17) is 11.6 Å². The van der Waals surface area contributed by atoms with Crippen molar-refractivity contribution in [2.75, 3.05) is 0 Å². The van der Waals surface area contributed by atoms with Crippen LogP contribution in [0.3, 0.4) is 0 Å². The van der Waals surface area contributed by atoms with Crippen LogP contribution in [-0.2, 0) is 11.2 Å². The minimum Gasteiger partial charge on any atom is -0.480 e. The largest absolute Gasteiger partial charge is 0.480 e. The second kappa shape index (κ2) is 7.01. The van der Waals surface area contributed by atoms with Crippen LogP contribution in [0.25, 0.3) is 0 Å². The molecule has 110 valence electrons. The van der Waals surface area contributed by atoms with Crippen LogP contribution in [0.15, 0.2) is 47.4 Å². The molecule has 2 nitrogen and oxygen atoms in total. The van der Waals surface area contributed by atoms with Gasteiger partial charge in [-0.25, -0.2) is 0 Å². The van der Waals surface area contributed by atoms with Crippen LogP contribution in [-0.4, -0.2) is 16.3 Å². The van der Waals surface area contributed by atoms with E-state index in [1.54, 1.807) is 0 Å². The van der Waals surface area contributed by atoms with E-state index in [0.29, 0.717) is 11.4 Å². The van der Waals surface area contributed by atoms with E-state index in [-0.39, 0.29) is 0 Å². The Hall–Kier alpha value is -1.45. The molecule has 0 spiro atoms. The molecule has 0 bridgehead atoms. The molecule has 0 saturated carbocycles. The fourth-order valence-corrected chi connectivity index (χ4v) is 3.20. The number of carboxylic acid groups (broad SMARTS) is 1. The molecule has 2 rings (SSSR count). The Morgan fingerprint density at radius 3 is 2.48 bits per heavy atom. The lowest BCUT2D eigenvalue weighted by Crippen LogP contribution is -2.19. The van der Waals surface area contributed by atoms with E-state index in [0.717, 1.165) is 21.6 Å². The Balaban J connectivity index is 2.17. The van der Waals surface area contributed by atoms with Gasteiger partial charge in [0, 0.05) is 9.92 Å². The molecule has 0 fully saturated rings. The third-order valence-electron chi connectivity index (χ3n) is 3.29. The van der Waals surface area contributed by atoms with Crippen molar-refractivity contribution in [3.05, 3.63) is 64.2 Å². The van der Waals surface area contributed by atoms with Crippen molar-refractivity contribution in [3.8, 4) is 0 Å². The smallest absolute Gasteiger partial charge is 0.317 e. The molecule has 0 heterocycles. The van der Waals surface area contributed by atoms with Crippen LogP contribution in [0.5, 0.6) is 0 Å². The Bertz CT molecular complexity index is 638. The molecule has 0 aliphatic heterocycles. The summed E-state index contributed by atoms with van der Waals surface area (Å²) in [7, 11) is 0. The quantitative estimate of drug-likeness (QED) is 0.808. The van der Waals surface area contributed by atoms with Gasteiger partial charge in [0.1, 0.15) is 5.25 Å². The Labute approximate surface area is 134 Å². The van der Waals surface area contributed by atoms with E-state index in [1.807, 2.05) is 56.3 Å². The van der Waals surface area contributed by atoms with Crippen molar-refractivity contribution >= 4 is 29.3 Å². The summed E-state index contributed by atoms with van der Waals surface area (Å²) in [5.74, 6) is -0.806. The third kappa shape index (κ3) is 4.51. The van der Waals surface area contributed by atoms with E-state index in [2.05, 4.69) is 0 Å². The Morgan fingerprint density at radius 2 is 1.86 bits per heavy atom. The number of carboxylic acids is 1. The van der Waals surface area contributed by atoms with E-state index in [9.17, 15) is 9.90 Å². The summed E-state index contributed by atoms with van der Waals surface area (Å²) in [6, 6.07) is 13.5. The second-order valence-electron chi connectivity index (χ2n) is 5.03. The van der Waals surface area contributed by atoms with Gasteiger partial charge in [-0.1, -0.05) is 35.4 Å². The predicted molar refractivity (Wildman–Crippen MR) is 88.4 cm³/mol. The minimum absolute atomic E-state index is 0.459. The van der Waals surface area contributed by atoms with Crippen LogP contribution in [0, 0.1) is 13.8 Å². The van der Waals surface area contributed by atoms with Gasteiger partial charge in [-0.3, -0.25) is 4.79 Å². The van der Waals surface area contributed by atoms with Crippen LogP contribution < -0.4 is 0 Å². The standard InChI is InChI=1S/C17H17ClO2S/c1-11-3-7-15(8-4-11)21-16(17(19)20)10-13-9-14(18)6-5-12(13)2/h3-9,16H,10H2,1-2H3,(H,19,20)/t16-/m0/s1. The number of thioether (sulfide) groups is 1. The maximum Gasteiger partial charge on any atom is 0.317 e. The number of carbonyl (C=O) groups is 1. The van der Waals surface area contributed by atoms with Crippen LogP contribution in [0.4, 0.5) is 0 Å². The Kier molecular flexibility index (Phi) is 5.32. The number of hydrogen-bond acceptors (Lipinski definition) is 2. The van der Waals surface area contributed by atoms with Crippen LogP contribution >= 0.6 is 23.4 Å². The highest BCUT2D eigenvalue weighted by molar-refractivity contribution is 8.00. The minimum atomic E-state index is -0.806. The molecule has 21 heavy (non-hydrogen) atoms. The average Bonchev–Trinajstić information content (AvgIpc) is 2.44. The molecule has 0 aromatic heterocycles. The van der Waals surface area contributed by atoms with Gasteiger partial charge in [-0.05, 0) is 55.7 Å². The average molecular weight is 321 g/mol. The summed E-state index contributed by atoms with van der Waals surface area (Å²) in [4.78, 5) is 12.5. The number of aliphatic carboxylic acids is 1. The van der Waals surface area contributed by atoms with E-state index in [1.165, 1.54) is 11.8 Å². The molecular formula is C17H17ClO2S. The van der Waals surface area contributed by atoms with Crippen molar-refractivity contribution in [2.24, 2.45) is 0 Å². The fourth-order valence-electron chi connectivity index (χ4n) is 2.02. The van der Waals surface area contributed by atoms with Crippen LogP contribution in [0.2, 0.25) is 5.02 Å². The molecule has 0 aliphatic rings. The molecule has 0 unspecified atom stereocenters. The summed E-state index contributed by atoms with van der Waals surface area (Å²) >= 11 is 7.38. The lowest BCUT2D eigenvalue weighted by atomic mass is 10.0. The third-order valence-corrected chi connectivity index (χ3v) is 4.72. The SMILES string of the molecule is Cc1ccc(S[C@@H](Cc2cc(Cl)ccc2C)C(=O)O)cc1. The zero-order valence-corrected chi connectivity index (χ0v) is 13.5. The summed E-state index contributed by atoms with van der Waals surface area (Å²) < 4.78 is 0. The zero-order valence-electron chi connectivity index (χ0n) is 12.0. The molecule has 0 amide bonds. The first-order valence-corrected chi connectivity index (χ1v) is 7.92. The maximum absolute atomic E-state index is 11.5. The lowest BCUT2D eigenvalue weighted by Gasteiger charge is -2.14. The molecular weight excluding hydrogens is 304 g/mol. The highest BCUT2D eigenvalue weighted by Crippen LogP contribution is 2.28. The normalized spacial score (nSPS) is 12.1. The van der Waals surface area contributed by atoms with Gasteiger partial charge in [0.15, 0.2) is 0 Å². The summed E-state index contributed by atoms with van der Waals surface area (Å²) in [5.41, 5.74) is 3.21. The number of aryl methyl sites for hydroxylation is 2. The summed E-state index contributed by atoms with van der Waals surface area (Å²) in [5, 5.41) is 9.57. The number of benzene rings is 2. The van der Waals surface area contributed by atoms with Crippen molar-refractivity contribution in [2.45, 2.75) is 30.4 Å². The Morgan fingerprint density at radius 1 is 1.19 bits per heavy atom. The second-order valence-corrected chi connectivity index (χ2v) is 6.75. The fraction of sp³-hybridized carbons (Fsp3) is 0.235. The van der Waals surface area contributed by atoms with Gasteiger partial charge in [0.2, 0.25) is 0 Å². The topological polar surface area (TPSA) is 37.3 Å². The van der Waals surface area contributed by atoms with Gasteiger partial charge in [0.05, 0.1) is 0 Å². The van der Waals surface area contributed by atoms with Gasteiger partial charge in [0.25, 0.3) is 0 Å². The molecule has 0 saturated heterocycles.